The average Bonchev–Trinajstić information content (AvgIpc) is 1.69. The molecular weight excluding hydrogens is 124 g/mol. The minimum atomic E-state index is 0.709. The zero-order chi connectivity index (χ0) is 5.11. The Kier molecular flexibility index (Phi) is 2.40. The van der Waals surface area contributed by atoms with Crippen LogP contribution in [0.4, 0.5) is 0 Å². The highest BCUT2D eigenvalue weighted by Crippen LogP contribution is 2.20. The maximum absolute atomic E-state index is 4.35. The molecule has 0 unspecified atom stereocenters. The molecule has 0 bridgehead atoms. The molecular formula is C5H10S2. The third-order valence-corrected chi connectivity index (χ3v) is 2.76. The van der Waals surface area contributed by atoms with Gasteiger partial charge in [-0.25, -0.2) is 0 Å². The fraction of sp³-hybridized carbons (Fsp3) is 1.00. The molecule has 7 heavy (non-hydrogen) atoms. The summed E-state index contributed by atoms with van der Waals surface area (Å²) in [6.07, 6.45) is 2.63. The van der Waals surface area contributed by atoms with Gasteiger partial charge in [-0.2, -0.15) is 24.4 Å². The number of rotatable bonds is 0. The minimum Gasteiger partial charge on any atom is -0.176 e. The summed E-state index contributed by atoms with van der Waals surface area (Å²) in [5.74, 6) is 2.66. The van der Waals surface area contributed by atoms with E-state index in [1.165, 1.54) is 24.3 Å². The second-order valence-electron chi connectivity index (χ2n) is 1.84. The molecule has 1 fully saturated rings. The third-order valence-electron chi connectivity index (χ3n) is 1.19. The highest BCUT2D eigenvalue weighted by atomic mass is 32.2. The lowest BCUT2D eigenvalue weighted by atomic mass is 10.2. The van der Waals surface area contributed by atoms with Gasteiger partial charge in [-0.15, -0.1) is 0 Å². The van der Waals surface area contributed by atoms with Gasteiger partial charge in [-0.3, -0.25) is 0 Å². The summed E-state index contributed by atoms with van der Waals surface area (Å²) in [6.45, 7) is 0. The summed E-state index contributed by atoms with van der Waals surface area (Å²) in [5.41, 5.74) is 0. The maximum Gasteiger partial charge on any atom is 0.00325 e. The molecule has 1 aliphatic heterocycles. The number of thiol groups is 1. The fourth-order valence-corrected chi connectivity index (χ4v) is 2.40. The van der Waals surface area contributed by atoms with Crippen molar-refractivity contribution in [1.82, 2.24) is 0 Å². The predicted molar refractivity (Wildman–Crippen MR) is 39.3 cm³/mol. The van der Waals surface area contributed by atoms with Gasteiger partial charge in [0, 0.05) is 5.25 Å². The summed E-state index contributed by atoms with van der Waals surface area (Å²) in [6, 6.07) is 0. The van der Waals surface area contributed by atoms with Crippen LogP contribution in [0.15, 0.2) is 0 Å². The summed E-state index contributed by atoms with van der Waals surface area (Å²) in [5, 5.41) is 0.709. The molecule has 0 amide bonds. The Morgan fingerprint density at radius 3 is 2.14 bits per heavy atom. The summed E-state index contributed by atoms with van der Waals surface area (Å²) in [4.78, 5) is 0. The molecule has 0 atom stereocenters. The zero-order valence-electron chi connectivity index (χ0n) is 4.26. The molecule has 0 aromatic heterocycles. The molecule has 2 heteroatoms. The van der Waals surface area contributed by atoms with Crippen molar-refractivity contribution in [3.63, 3.8) is 0 Å². The quantitative estimate of drug-likeness (QED) is 0.493. The Bertz CT molecular complexity index is 48.0. The van der Waals surface area contributed by atoms with Crippen LogP contribution in [0.3, 0.4) is 0 Å². The van der Waals surface area contributed by atoms with Crippen LogP contribution in [0.2, 0.25) is 0 Å². The standard InChI is InChI=1S/C5H10S2/c6-5-1-3-7-4-2-5/h5-6H,1-4H2. The van der Waals surface area contributed by atoms with Gasteiger partial charge >= 0.3 is 0 Å². The first-order chi connectivity index (χ1) is 3.39. The van der Waals surface area contributed by atoms with Gasteiger partial charge in [0.05, 0.1) is 0 Å². The van der Waals surface area contributed by atoms with Crippen molar-refractivity contribution < 1.29 is 0 Å². The Labute approximate surface area is 54.5 Å². The van der Waals surface area contributed by atoms with Crippen molar-refractivity contribution in [2.45, 2.75) is 18.1 Å². The molecule has 0 saturated carbocycles. The molecule has 0 radical (unpaired) electrons. The van der Waals surface area contributed by atoms with Gasteiger partial charge in [-0.1, -0.05) is 0 Å². The van der Waals surface area contributed by atoms with E-state index in [9.17, 15) is 0 Å². The molecule has 0 aromatic rings. The largest absolute Gasteiger partial charge is 0.176 e. The molecule has 1 heterocycles. The van der Waals surface area contributed by atoms with Crippen LogP contribution >= 0.6 is 24.4 Å². The fourth-order valence-electron chi connectivity index (χ4n) is 0.685. The molecule has 0 aromatic carbocycles. The van der Waals surface area contributed by atoms with Crippen LogP contribution in [-0.4, -0.2) is 16.8 Å². The Morgan fingerprint density at radius 1 is 1.29 bits per heavy atom. The van der Waals surface area contributed by atoms with Gasteiger partial charge in [0.15, 0.2) is 0 Å². The average molecular weight is 134 g/mol. The van der Waals surface area contributed by atoms with Crippen molar-refractivity contribution in [1.29, 1.82) is 0 Å². The highest BCUT2D eigenvalue weighted by Gasteiger charge is 2.07. The van der Waals surface area contributed by atoms with E-state index in [0.29, 0.717) is 5.25 Å². The van der Waals surface area contributed by atoms with E-state index in [-0.39, 0.29) is 0 Å². The van der Waals surface area contributed by atoms with Gasteiger partial charge in [0.1, 0.15) is 0 Å². The molecule has 1 rings (SSSR count). The highest BCUT2D eigenvalue weighted by molar-refractivity contribution is 7.99. The minimum absolute atomic E-state index is 0.709. The van der Waals surface area contributed by atoms with Crippen LogP contribution in [0.1, 0.15) is 12.8 Å². The smallest absolute Gasteiger partial charge is 0.00325 e. The van der Waals surface area contributed by atoms with Gasteiger partial charge in [0.25, 0.3) is 0 Å². The monoisotopic (exact) mass is 134 g/mol. The van der Waals surface area contributed by atoms with Crippen molar-refractivity contribution in [2.75, 3.05) is 11.5 Å². The second-order valence-corrected chi connectivity index (χ2v) is 3.80. The number of hydrogen-bond acceptors (Lipinski definition) is 2. The first-order valence-electron chi connectivity index (χ1n) is 2.65. The Balaban J connectivity index is 2.12. The van der Waals surface area contributed by atoms with Crippen LogP contribution in [-0.2, 0) is 0 Å². The number of hydrogen-bond donors (Lipinski definition) is 1. The molecule has 0 aliphatic carbocycles. The lowest BCUT2D eigenvalue weighted by molar-refractivity contribution is 0.790. The van der Waals surface area contributed by atoms with Crippen LogP contribution in [0.5, 0.6) is 0 Å². The lowest BCUT2D eigenvalue weighted by Crippen LogP contribution is -2.07. The maximum atomic E-state index is 4.35. The van der Waals surface area contributed by atoms with E-state index < -0.39 is 0 Å². The van der Waals surface area contributed by atoms with E-state index in [4.69, 9.17) is 0 Å². The molecule has 0 spiro atoms. The lowest BCUT2D eigenvalue weighted by Gasteiger charge is -2.14. The number of thioether (sulfide) groups is 1. The second kappa shape index (κ2) is 2.88. The van der Waals surface area contributed by atoms with E-state index in [0.717, 1.165) is 0 Å². The van der Waals surface area contributed by atoms with Crippen molar-refractivity contribution in [2.24, 2.45) is 0 Å². The van der Waals surface area contributed by atoms with E-state index in [2.05, 4.69) is 12.6 Å². The first kappa shape index (κ1) is 5.83. The summed E-state index contributed by atoms with van der Waals surface area (Å²) < 4.78 is 0. The molecule has 0 N–H and O–H groups in total. The molecule has 42 valence electrons. The van der Waals surface area contributed by atoms with Crippen molar-refractivity contribution in [3.05, 3.63) is 0 Å². The summed E-state index contributed by atoms with van der Waals surface area (Å²) >= 11 is 6.40. The van der Waals surface area contributed by atoms with E-state index >= 15 is 0 Å². The van der Waals surface area contributed by atoms with E-state index in [1.54, 1.807) is 0 Å². The van der Waals surface area contributed by atoms with Gasteiger partial charge in [-0.05, 0) is 24.3 Å². The molecule has 1 aliphatic rings. The van der Waals surface area contributed by atoms with Crippen molar-refractivity contribution >= 4 is 24.4 Å². The van der Waals surface area contributed by atoms with Crippen LogP contribution < -0.4 is 0 Å². The molecule has 1 saturated heterocycles. The Hall–Kier alpha value is 0.700. The topological polar surface area (TPSA) is 0 Å². The predicted octanol–water partition coefficient (Wildman–Crippen LogP) is 1.81. The van der Waals surface area contributed by atoms with Crippen LogP contribution in [0.25, 0.3) is 0 Å². The normalized spacial score (nSPS) is 25.3. The van der Waals surface area contributed by atoms with Crippen LogP contribution in [0, 0.1) is 0 Å². The van der Waals surface area contributed by atoms with Gasteiger partial charge in [0.2, 0.25) is 0 Å². The molecule has 0 nitrogen and oxygen atoms in total. The first-order valence-corrected chi connectivity index (χ1v) is 4.32. The van der Waals surface area contributed by atoms with Crippen molar-refractivity contribution in [3.8, 4) is 0 Å². The summed E-state index contributed by atoms with van der Waals surface area (Å²) in [7, 11) is 0. The zero-order valence-corrected chi connectivity index (χ0v) is 5.97. The van der Waals surface area contributed by atoms with E-state index in [1.807, 2.05) is 11.8 Å². The Morgan fingerprint density at radius 2 is 1.86 bits per heavy atom. The SMILES string of the molecule is SC1CCSCC1. The third kappa shape index (κ3) is 1.96. The van der Waals surface area contributed by atoms with Gasteiger partial charge < -0.3 is 0 Å².